The van der Waals surface area contributed by atoms with Gasteiger partial charge < -0.3 is 4.74 Å². The summed E-state index contributed by atoms with van der Waals surface area (Å²) in [5.41, 5.74) is 4.58. The minimum Gasteiger partial charge on any atom is -0.493 e. The second kappa shape index (κ2) is 5.08. The minimum atomic E-state index is 0.829. The van der Waals surface area contributed by atoms with Crippen molar-refractivity contribution in [2.24, 2.45) is 0 Å². The molecule has 0 saturated carbocycles. The third-order valence-electron chi connectivity index (χ3n) is 3.12. The molecule has 0 bridgehead atoms. The highest BCUT2D eigenvalue weighted by molar-refractivity contribution is 7.09. The Morgan fingerprint density at radius 2 is 2.33 bits per heavy atom. The van der Waals surface area contributed by atoms with E-state index >= 15 is 0 Å². The molecule has 0 spiro atoms. The van der Waals surface area contributed by atoms with E-state index in [0.717, 1.165) is 31.9 Å². The molecule has 18 heavy (non-hydrogen) atoms. The normalized spacial score (nSPS) is 13.7. The van der Waals surface area contributed by atoms with Crippen LogP contribution in [0.3, 0.4) is 0 Å². The number of thiazole rings is 1. The van der Waals surface area contributed by atoms with Crippen LogP contribution in [-0.2, 0) is 19.5 Å². The fraction of sp³-hybridized carbons (Fsp3) is 0.357. The molecule has 2 aromatic rings. The van der Waals surface area contributed by atoms with Crippen molar-refractivity contribution >= 4 is 11.3 Å². The maximum Gasteiger partial charge on any atom is 0.122 e. The van der Waals surface area contributed by atoms with E-state index in [0.29, 0.717) is 0 Å². The Morgan fingerprint density at radius 3 is 3.17 bits per heavy atom. The van der Waals surface area contributed by atoms with E-state index in [1.54, 1.807) is 11.3 Å². The standard InChI is InChI=1S/C14H16N2OS/c1-16(9-13-7-15-10-18-13)8-11-2-3-14-12(6-11)4-5-17-14/h2-3,6-7,10H,4-5,8-9H2,1H3. The molecule has 0 atom stereocenters. The Bertz CT molecular complexity index is 525. The van der Waals surface area contributed by atoms with Gasteiger partial charge >= 0.3 is 0 Å². The topological polar surface area (TPSA) is 25.4 Å². The van der Waals surface area contributed by atoms with Crippen molar-refractivity contribution in [3.63, 3.8) is 0 Å². The SMILES string of the molecule is CN(Cc1ccc2c(c1)CCO2)Cc1cncs1. The van der Waals surface area contributed by atoms with Gasteiger partial charge in [0.1, 0.15) is 5.75 Å². The van der Waals surface area contributed by atoms with E-state index < -0.39 is 0 Å². The third kappa shape index (κ3) is 2.54. The molecule has 94 valence electrons. The first-order valence-corrected chi connectivity index (χ1v) is 7.00. The molecule has 0 N–H and O–H groups in total. The van der Waals surface area contributed by atoms with Crippen LogP contribution in [-0.4, -0.2) is 23.5 Å². The first-order chi connectivity index (χ1) is 8.81. The van der Waals surface area contributed by atoms with Crippen LogP contribution in [0, 0.1) is 0 Å². The molecule has 0 unspecified atom stereocenters. The van der Waals surface area contributed by atoms with Gasteiger partial charge in [-0.3, -0.25) is 9.88 Å². The molecule has 0 radical (unpaired) electrons. The van der Waals surface area contributed by atoms with Gasteiger partial charge in [-0.2, -0.15) is 0 Å². The van der Waals surface area contributed by atoms with Crippen molar-refractivity contribution in [3.8, 4) is 5.75 Å². The van der Waals surface area contributed by atoms with Crippen LogP contribution < -0.4 is 4.74 Å². The fourth-order valence-corrected chi connectivity index (χ4v) is 2.97. The van der Waals surface area contributed by atoms with Gasteiger partial charge in [0.15, 0.2) is 0 Å². The molecule has 0 amide bonds. The van der Waals surface area contributed by atoms with Gasteiger partial charge in [0.2, 0.25) is 0 Å². The lowest BCUT2D eigenvalue weighted by molar-refractivity contribution is 0.321. The Hall–Kier alpha value is -1.39. The van der Waals surface area contributed by atoms with Crippen molar-refractivity contribution in [1.82, 2.24) is 9.88 Å². The highest BCUT2D eigenvalue weighted by Gasteiger charge is 2.12. The fourth-order valence-electron chi connectivity index (χ4n) is 2.29. The Labute approximate surface area is 111 Å². The lowest BCUT2D eigenvalue weighted by Crippen LogP contribution is -2.16. The molecule has 1 aliphatic heterocycles. The molecule has 3 nitrogen and oxygen atoms in total. The van der Waals surface area contributed by atoms with Gasteiger partial charge in [0.25, 0.3) is 0 Å². The van der Waals surface area contributed by atoms with Gasteiger partial charge in [-0.15, -0.1) is 11.3 Å². The number of ether oxygens (including phenoxy) is 1. The highest BCUT2D eigenvalue weighted by atomic mass is 32.1. The number of rotatable bonds is 4. The Kier molecular flexibility index (Phi) is 3.30. The van der Waals surface area contributed by atoms with Gasteiger partial charge in [-0.05, 0) is 24.2 Å². The van der Waals surface area contributed by atoms with E-state index in [-0.39, 0.29) is 0 Å². The number of hydrogen-bond acceptors (Lipinski definition) is 4. The van der Waals surface area contributed by atoms with E-state index in [4.69, 9.17) is 4.74 Å². The number of fused-ring (bicyclic) bond motifs is 1. The second-order valence-corrected chi connectivity index (χ2v) is 5.65. The van der Waals surface area contributed by atoms with Crippen LogP contribution in [0.5, 0.6) is 5.75 Å². The van der Waals surface area contributed by atoms with Crippen LogP contribution in [0.25, 0.3) is 0 Å². The van der Waals surface area contributed by atoms with Gasteiger partial charge in [-0.25, -0.2) is 0 Å². The van der Waals surface area contributed by atoms with Crippen molar-refractivity contribution in [3.05, 3.63) is 45.9 Å². The summed E-state index contributed by atoms with van der Waals surface area (Å²) in [5, 5.41) is 0. The van der Waals surface area contributed by atoms with Crippen LogP contribution in [0.2, 0.25) is 0 Å². The Balaban J connectivity index is 1.65. The van der Waals surface area contributed by atoms with Crippen LogP contribution in [0.1, 0.15) is 16.0 Å². The first kappa shape index (κ1) is 11.7. The largest absolute Gasteiger partial charge is 0.493 e. The maximum atomic E-state index is 5.52. The van der Waals surface area contributed by atoms with E-state index in [9.17, 15) is 0 Å². The van der Waals surface area contributed by atoms with Crippen LogP contribution in [0.4, 0.5) is 0 Å². The molecule has 1 aromatic carbocycles. The van der Waals surface area contributed by atoms with Gasteiger partial charge in [-0.1, -0.05) is 12.1 Å². The molecular formula is C14H16N2OS. The molecule has 2 heterocycles. The number of hydrogen-bond donors (Lipinski definition) is 0. The van der Waals surface area contributed by atoms with Crippen LogP contribution in [0.15, 0.2) is 29.9 Å². The van der Waals surface area contributed by atoms with E-state index in [1.807, 2.05) is 11.7 Å². The highest BCUT2D eigenvalue weighted by Crippen LogP contribution is 2.26. The number of nitrogens with zero attached hydrogens (tertiary/aromatic N) is 2. The van der Waals surface area contributed by atoms with Crippen molar-refractivity contribution in [2.45, 2.75) is 19.5 Å². The van der Waals surface area contributed by atoms with Gasteiger partial charge in [0.05, 0.1) is 12.1 Å². The summed E-state index contributed by atoms with van der Waals surface area (Å²) in [6, 6.07) is 6.52. The summed E-state index contributed by atoms with van der Waals surface area (Å²) in [6.07, 6.45) is 2.99. The average Bonchev–Trinajstić information content (AvgIpc) is 2.98. The lowest BCUT2D eigenvalue weighted by Gasteiger charge is -2.15. The molecule has 1 aliphatic rings. The zero-order valence-corrected chi connectivity index (χ0v) is 11.2. The van der Waals surface area contributed by atoms with Gasteiger partial charge in [0, 0.05) is 30.6 Å². The molecule has 0 aliphatic carbocycles. The molecule has 0 fully saturated rings. The van der Waals surface area contributed by atoms with Crippen LogP contribution >= 0.6 is 11.3 Å². The average molecular weight is 260 g/mol. The van der Waals surface area contributed by atoms with E-state index in [1.165, 1.54) is 16.0 Å². The predicted molar refractivity (Wildman–Crippen MR) is 72.9 cm³/mol. The molecular weight excluding hydrogens is 244 g/mol. The number of aromatic nitrogens is 1. The lowest BCUT2D eigenvalue weighted by atomic mass is 10.1. The molecule has 3 rings (SSSR count). The predicted octanol–water partition coefficient (Wildman–Crippen LogP) is 2.71. The zero-order chi connectivity index (χ0) is 12.4. The molecule has 0 saturated heterocycles. The van der Waals surface area contributed by atoms with E-state index in [2.05, 4.69) is 35.1 Å². The second-order valence-electron chi connectivity index (χ2n) is 4.68. The maximum absolute atomic E-state index is 5.52. The number of benzene rings is 1. The van der Waals surface area contributed by atoms with Crippen molar-refractivity contribution in [2.75, 3.05) is 13.7 Å². The first-order valence-electron chi connectivity index (χ1n) is 6.12. The summed E-state index contributed by atoms with van der Waals surface area (Å²) >= 11 is 1.71. The summed E-state index contributed by atoms with van der Waals surface area (Å²) in [5.74, 6) is 1.06. The monoisotopic (exact) mass is 260 g/mol. The summed E-state index contributed by atoms with van der Waals surface area (Å²) in [4.78, 5) is 7.72. The smallest absolute Gasteiger partial charge is 0.122 e. The van der Waals surface area contributed by atoms with Crippen molar-refractivity contribution in [1.29, 1.82) is 0 Å². The molecule has 1 aromatic heterocycles. The zero-order valence-electron chi connectivity index (χ0n) is 10.4. The Morgan fingerprint density at radius 1 is 1.39 bits per heavy atom. The molecule has 4 heteroatoms. The quantitative estimate of drug-likeness (QED) is 0.845. The van der Waals surface area contributed by atoms with Crippen molar-refractivity contribution < 1.29 is 4.74 Å². The minimum absolute atomic E-state index is 0.829. The summed E-state index contributed by atoms with van der Waals surface area (Å²) in [7, 11) is 2.14. The summed E-state index contributed by atoms with van der Waals surface area (Å²) in [6.45, 7) is 2.75. The third-order valence-corrected chi connectivity index (χ3v) is 3.88. The summed E-state index contributed by atoms with van der Waals surface area (Å²) < 4.78 is 5.52.